The molecule has 1 aromatic rings. The molecule has 0 radical (unpaired) electrons. The molecule has 0 unspecified atom stereocenters. The van der Waals surface area contributed by atoms with Crippen LogP contribution in [0.5, 0.6) is 0 Å². The topological polar surface area (TPSA) is 52.3 Å². The van der Waals surface area contributed by atoms with Crippen molar-refractivity contribution >= 4 is 23.3 Å². The van der Waals surface area contributed by atoms with E-state index in [1.807, 2.05) is 6.92 Å². The smallest absolute Gasteiger partial charge is 0.310 e. The molecule has 0 saturated carbocycles. The van der Waals surface area contributed by atoms with E-state index in [-0.39, 0.29) is 12.4 Å². The van der Waals surface area contributed by atoms with Crippen LogP contribution >= 0.6 is 11.6 Å². The predicted octanol–water partition coefficient (Wildman–Crippen LogP) is 2.34. The second-order valence-corrected chi connectivity index (χ2v) is 3.68. The van der Waals surface area contributed by atoms with Crippen molar-refractivity contribution in [1.82, 2.24) is 0 Å². The van der Waals surface area contributed by atoms with E-state index in [0.717, 1.165) is 11.1 Å². The number of ether oxygens (including phenoxy) is 1. The number of anilines is 1. The van der Waals surface area contributed by atoms with E-state index >= 15 is 0 Å². The number of hydrogen-bond acceptors (Lipinski definition) is 3. The molecule has 4 heteroatoms. The molecule has 0 atom stereocenters. The third-order valence-corrected chi connectivity index (χ3v) is 2.51. The lowest BCUT2D eigenvalue weighted by Gasteiger charge is -2.08. The first-order chi connectivity index (χ1) is 7.04. The van der Waals surface area contributed by atoms with Crippen LogP contribution < -0.4 is 5.73 Å². The van der Waals surface area contributed by atoms with E-state index < -0.39 is 0 Å². The molecule has 0 aromatic heterocycles. The van der Waals surface area contributed by atoms with Gasteiger partial charge in [-0.15, -0.1) is 0 Å². The number of nitrogen functional groups attached to an aromatic ring is 1. The normalized spacial score (nSPS) is 10.1. The van der Waals surface area contributed by atoms with Crippen molar-refractivity contribution in [2.75, 3.05) is 12.3 Å². The Morgan fingerprint density at radius 3 is 2.80 bits per heavy atom. The first kappa shape index (κ1) is 11.9. The summed E-state index contributed by atoms with van der Waals surface area (Å²) >= 11 is 5.95. The fraction of sp³-hybridized carbons (Fsp3) is 0.364. The number of carbonyl (C=O) groups excluding carboxylic acids is 1. The highest BCUT2D eigenvalue weighted by Gasteiger charge is 2.09. The van der Waals surface area contributed by atoms with Crippen molar-refractivity contribution in [3.8, 4) is 0 Å². The Labute approximate surface area is 94.2 Å². The molecule has 0 heterocycles. The average Bonchev–Trinajstić information content (AvgIpc) is 2.13. The lowest BCUT2D eigenvalue weighted by atomic mass is 10.0. The van der Waals surface area contributed by atoms with E-state index in [1.54, 1.807) is 19.1 Å². The molecule has 1 aromatic carbocycles. The lowest BCUT2D eigenvalue weighted by Crippen LogP contribution is -2.09. The fourth-order valence-corrected chi connectivity index (χ4v) is 1.56. The number of esters is 1. The van der Waals surface area contributed by atoms with E-state index in [0.29, 0.717) is 17.3 Å². The highest BCUT2D eigenvalue weighted by Crippen LogP contribution is 2.23. The van der Waals surface area contributed by atoms with Crippen molar-refractivity contribution in [3.05, 3.63) is 28.3 Å². The third kappa shape index (κ3) is 3.13. The van der Waals surface area contributed by atoms with Crippen LogP contribution in [0.2, 0.25) is 5.02 Å². The SMILES string of the molecule is CCOC(=O)Cc1cc(N)cc(Cl)c1C. The summed E-state index contributed by atoms with van der Waals surface area (Å²) in [6, 6.07) is 3.42. The van der Waals surface area contributed by atoms with Gasteiger partial charge in [-0.05, 0) is 37.1 Å². The summed E-state index contributed by atoms with van der Waals surface area (Å²) in [7, 11) is 0. The number of rotatable bonds is 3. The zero-order valence-corrected chi connectivity index (χ0v) is 9.60. The minimum absolute atomic E-state index is 0.213. The molecule has 3 nitrogen and oxygen atoms in total. The summed E-state index contributed by atoms with van der Waals surface area (Å²) in [5.74, 6) is -0.262. The van der Waals surface area contributed by atoms with Crippen molar-refractivity contribution in [2.24, 2.45) is 0 Å². The maximum Gasteiger partial charge on any atom is 0.310 e. The second kappa shape index (κ2) is 5.03. The Hall–Kier alpha value is -1.22. The molecular formula is C11H14ClNO2. The molecule has 15 heavy (non-hydrogen) atoms. The van der Waals surface area contributed by atoms with E-state index in [1.165, 1.54) is 0 Å². The number of halogens is 1. The molecular weight excluding hydrogens is 214 g/mol. The lowest BCUT2D eigenvalue weighted by molar-refractivity contribution is -0.142. The summed E-state index contributed by atoms with van der Waals surface area (Å²) in [4.78, 5) is 11.3. The Morgan fingerprint density at radius 2 is 2.20 bits per heavy atom. The van der Waals surface area contributed by atoms with Crippen LogP contribution in [-0.4, -0.2) is 12.6 Å². The van der Waals surface area contributed by atoms with Crippen molar-refractivity contribution in [3.63, 3.8) is 0 Å². The van der Waals surface area contributed by atoms with Gasteiger partial charge in [0.15, 0.2) is 0 Å². The molecule has 0 spiro atoms. The second-order valence-electron chi connectivity index (χ2n) is 3.27. The van der Waals surface area contributed by atoms with Gasteiger partial charge in [0.05, 0.1) is 13.0 Å². The summed E-state index contributed by atoms with van der Waals surface area (Å²) < 4.78 is 4.86. The average molecular weight is 228 g/mol. The summed E-state index contributed by atoms with van der Waals surface area (Å²) in [6.07, 6.45) is 0.213. The Kier molecular flexibility index (Phi) is 3.97. The minimum Gasteiger partial charge on any atom is -0.466 e. The molecule has 0 bridgehead atoms. The molecule has 0 fully saturated rings. The van der Waals surface area contributed by atoms with Crippen LogP contribution in [0.1, 0.15) is 18.1 Å². The summed E-state index contributed by atoms with van der Waals surface area (Å²) in [6.45, 7) is 4.02. The minimum atomic E-state index is -0.262. The number of carbonyl (C=O) groups is 1. The molecule has 0 amide bonds. The van der Waals surface area contributed by atoms with Crippen LogP contribution in [0.15, 0.2) is 12.1 Å². The Morgan fingerprint density at radius 1 is 1.53 bits per heavy atom. The molecule has 82 valence electrons. The summed E-state index contributed by atoms with van der Waals surface area (Å²) in [5, 5.41) is 0.578. The number of hydrogen-bond donors (Lipinski definition) is 1. The zero-order chi connectivity index (χ0) is 11.4. The van der Waals surface area contributed by atoms with Gasteiger partial charge in [-0.3, -0.25) is 4.79 Å². The monoisotopic (exact) mass is 227 g/mol. The van der Waals surface area contributed by atoms with Crippen LogP contribution in [-0.2, 0) is 16.0 Å². The maximum absolute atomic E-state index is 11.3. The number of nitrogens with two attached hydrogens (primary N) is 1. The molecule has 1 rings (SSSR count). The van der Waals surface area contributed by atoms with Crippen LogP contribution in [0.4, 0.5) is 5.69 Å². The van der Waals surface area contributed by atoms with Crippen molar-refractivity contribution < 1.29 is 9.53 Å². The zero-order valence-electron chi connectivity index (χ0n) is 8.84. The van der Waals surface area contributed by atoms with Gasteiger partial charge in [0.25, 0.3) is 0 Å². The van der Waals surface area contributed by atoms with Gasteiger partial charge in [-0.25, -0.2) is 0 Å². The van der Waals surface area contributed by atoms with Gasteiger partial charge < -0.3 is 10.5 Å². The fourth-order valence-electron chi connectivity index (χ4n) is 1.31. The van der Waals surface area contributed by atoms with Gasteiger partial charge in [-0.1, -0.05) is 11.6 Å². The van der Waals surface area contributed by atoms with Crippen LogP contribution in [0, 0.1) is 6.92 Å². The molecule has 0 saturated heterocycles. The Balaban J connectivity index is 2.89. The molecule has 0 aliphatic rings. The first-order valence-corrected chi connectivity index (χ1v) is 5.12. The van der Waals surface area contributed by atoms with E-state index in [9.17, 15) is 4.79 Å². The van der Waals surface area contributed by atoms with Crippen LogP contribution in [0.3, 0.4) is 0 Å². The molecule has 2 N–H and O–H groups in total. The number of benzene rings is 1. The third-order valence-electron chi connectivity index (χ3n) is 2.11. The largest absolute Gasteiger partial charge is 0.466 e. The van der Waals surface area contributed by atoms with Crippen molar-refractivity contribution in [1.29, 1.82) is 0 Å². The quantitative estimate of drug-likeness (QED) is 0.637. The van der Waals surface area contributed by atoms with Gasteiger partial charge in [0.2, 0.25) is 0 Å². The molecule has 0 aliphatic carbocycles. The molecule has 0 aliphatic heterocycles. The van der Waals surface area contributed by atoms with Gasteiger partial charge in [0.1, 0.15) is 0 Å². The van der Waals surface area contributed by atoms with Gasteiger partial charge in [-0.2, -0.15) is 0 Å². The summed E-state index contributed by atoms with van der Waals surface area (Å²) in [5.41, 5.74) is 7.89. The first-order valence-electron chi connectivity index (χ1n) is 4.74. The van der Waals surface area contributed by atoms with Crippen LogP contribution in [0.25, 0.3) is 0 Å². The highest BCUT2D eigenvalue weighted by atomic mass is 35.5. The van der Waals surface area contributed by atoms with E-state index in [4.69, 9.17) is 22.1 Å². The Bertz CT molecular complexity index is 377. The van der Waals surface area contributed by atoms with Crippen molar-refractivity contribution in [2.45, 2.75) is 20.3 Å². The standard InChI is InChI=1S/C11H14ClNO2/c1-3-15-11(14)5-8-4-9(13)6-10(12)7(8)2/h4,6H,3,5,13H2,1-2H3. The maximum atomic E-state index is 11.3. The van der Waals surface area contributed by atoms with Gasteiger partial charge >= 0.3 is 5.97 Å². The highest BCUT2D eigenvalue weighted by molar-refractivity contribution is 6.31. The predicted molar refractivity (Wildman–Crippen MR) is 60.9 cm³/mol. The van der Waals surface area contributed by atoms with E-state index in [2.05, 4.69) is 0 Å². The van der Waals surface area contributed by atoms with Gasteiger partial charge in [0, 0.05) is 10.7 Å².